The second-order valence-corrected chi connectivity index (χ2v) is 8.24. The Morgan fingerprint density at radius 3 is 2.86 bits per heavy atom. The summed E-state index contributed by atoms with van der Waals surface area (Å²) in [6, 6.07) is 5.38. The summed E-state index contributed by atoms with van der Waals surface area (Å²) >= 11 is 4.73. The predicted molar refractivity (Wildman–Crippen MR) is 86.8 cm³/mol. The Hall–Kier alpha value is -0.670. The van der Waals surface area contributed by atoms with Crippen molar-refractivity contribution < 1.29 is 12.8 Å². The summed E-state index contributed by atoms with van der Waals surface area (Å²) in [5, 5.41) is 5.03. The van der Waals surface area contributed by atoms with Gasteiger partial charge in [0.1, 0.15) is 10.7 Å². The van der Waals surface area contributed by atoms with Crippen LogP contribution < -0.4 is 5.32 Å². The summed E-state index contributed by atoms with van der Waals surface area (Å²) in [6.45, 7) is 3.61. The third-order valence-corrected chi connectivity index (χ3v) is 6.42. The van der Waals surface area contributed by atoms with Crippen molar-refractivity contribution in [3.8, 4) is 0 Å². The number of thiophene rings is 1. The van der Waals surface area contributed by atoms with E-state index in [1.54, 1.807) is 13.1 Å². The summed E-state index contributed by atoms with van der Waals surface area (Å²) in [7, 11) is -2.01. The molecule has 21 heavy (non-hydrogen) atoms. The van der Waals surface area contributed by atoms with Crippen molar-refractivity contribution in [1.29, 1.82) is 0 Å². The highest BCUT2D eigenvalue weighted by atomic mass is 79.9. The number of hydrogen-bond donors (Lipinski definition) is 1. The molecule has 0 aliphatic heterocycles. The predicted octanol–water partition coefficient (Wildman–Crippen LogP) is 3.03. The Bertz CT molecular complexity index is 680. The third kappa shape index (κ3) is 3.95. The summed E-state index contributed by atoms with van der Waals surface area (Å²) in [5.74, 6) is 0.590. The SMILES string of the molecule is CCNCc1cc(S(=O)(=O)N(C)Cc2cccs2)c(Br)o1. The normalized spacial score (nSPS) is 12.2. The Kier molecular flexibility index (Phi) is 5.61. The van der Waals surface area contributed by atoms with Crippen LogP contribution in [-0.2, 0) is 23.1 Å². The monoisotopic (exact) mass is 392 g/mol. The van der Waals surface area contributed by atoms with Crippen molar-refractivity contribution in [2.45, 2.75) is 24.9 Å². The van der Waals surface area contributed by atoms with Gasteiger partial charge in [0.2, 0.25) is 10.0 Å². The summed E-state index contributed by atoms with van der Waals surface area (Å²) in [5.41, 5.74) is 0. The maximum atomic E-state index is 12.6. The Morgan fingerprint density at radius 2 is 2.24 bits per heavy atom. The molecule has 0 saturated heterocycles. The van der Waals surface area contributed by atoms with E-state index >= 15 is 0 Å². The lowest BCUT2D eigenvalue weighted by atomic mass is 10.4. The van der Waals surface area contributed by atoms with E-state index in [2.05, 4.69) is 21.2 Å². The average molecular weight is 393 g/mol. The van der Waals surface area contributed by atoms with E-state index in [4.69, 9.17) is 4.42 Å². The Balaban J connectivity index is 2.20. The van der Waals surface area contributed by atoms with Gasteiger partial charge >= 0.3 is 0 Å². The van der Waals surface area contributed by atoms with Gasteiger partial charge in [-0.05, 0) is 33.9 Å². The fraction of sp³-hybridized carbons (Fsp3) is 0.385. The number of rotatable bonds is 7. The fourth-order valence-electron chi connectivity index (χ4n) is 1.78. The van der Waals surface area contributed by atoms with Crippen LogP contribution in [-0.4, -0.2) is 26.3 Å². The molecular formula is C13H17BrN2O3S2. The topological polar surface area (TPSA) is 62.6 Å². The zero-order valence-corrected chi connectivity index (χ0v) is 15.0. The number of nitrogens with zero attached hydrogens (tertiary/aromatic N) is 1. The molecule has 0 atom stereocenters. The average Bonchev–Trinajstić information content (AvgIpc) is 3.06. The number of sulfonamides is 1. The van der Waals surface area contributed by atoms with Gasteiger partial charge < -0.3 is 9.73 Å². The van der Waals surface area contributed by atoms with Crippen LogP contribution in [0.2, 0.25) is 0 Å². The van der Waals surface area contributed by atoms with E-state index in [9.17, 15) is 8.42 Å². The number of hydrogen-bond acceptors (Lipinski definition) is 5. The van der Waals surface area contributed by atoms with Crippen LogP contribution in [0.1, 0.15) is 17.6 Å². The molecule has 5 nitrogen and oxygen atoms in total. The molecule has 0 spiro atoms. The molecule has 0 fully saturated rings. The molecule has 0 aliphatic carbocycles. The first-order valence-electron chi connectivity index (χ1n) is 6.42. The largest absolute Gasteiger partial charge is 0.452 e. The molecule has 0 saturated carbocycles. The molecule has 2 aromatic heterocycles. The molecule has 2 heterocycles. The summed E-state index contributed by atoms with van der Waals surface area (Å²) < 4.78 is 32.2. The first-order chi connectivity index (χ1) is 9.95. The molecule has 0 amide bonds. The zero-order chi connectivity index (χ0) is 15.5. The van der Waals surface area contributed by atoms with Crippen LogP contribution in [0, 0.1) is 0 Å². The van der Waals surface area contributed by atoms with Gasteiger partial charge in [0.15, 0.2) is 4.67 Å². The van der Waals surface area contributed by atoms with Gasteiger partial charge in [0.05, 0.1) is 6.54 Å². The van der Waals surface area contributed by atoms with Gasteiger partial charge in [-0.2, -0.15) is 4.31 Å². The lowest BCUT2D eigenvalue weighted by molar-refractivity contribution is 0.453. The quantitative estimate of drug-likeness (QED) is 0.786. The van der Waals surface area contributed by atoms with E-state index in [1.807, 2.05) is 24.4 Å². The molecule has 0 unspecified atom stereocenters. The van der Waals surface area contributed by atoms with Crippen molar-refractivity contribution >= 4 is 37.3 Å². The minimum atomic E-state index is -3.58. The minimum absolute atomic E-state index is 0.162. The van der Waals surface area contributed by atoms with E-state index in [0.717, 1.165) is 11.4 Å². The Labute approximate surface area is 137 Å². The Morgan fingerprint density at radius 1 is 1.48 bits per heavy atom. The number of furan rings is 1. The highest BCUT2D eigenvalue weighted by Gasteiger charge is 2.27. The van der Waals surface area contributed by atoms with Crippen LogP contribution in [0.15, 0.2) is 37.6 Å². The van der Waals surface area contributed by atoms with Crippen molar-refractivity contribution in [3.05, 3.63) is 38.9 Å². The second kappa shape index (κ2) is 7.06. The van der Waals surface area contributed by atoms with Crippen LogP contribution in [0.25, 0.3) is 0 Å². The maximum absolute atomic E-state index is 12.6. The van der Waals surface area contributed by atoms with E-state index < -0.39 is 10.0 Å². The highest BCUT2D eigenvalue weighted by Crippen LogP contribution is 2.29. The fourth-order valence-corrected chi connectivity index (χ4v) is 4.73. The molecule has 0 bridgehead atoms. The van der Waals surface area contributed by atoms with Crippen molar-refractivity contribution in [3.63, 3.8) is 0 Å². The van der Waals surface area contributed by atoms with E-state index in [-0.39, 0.29) is 9.56 Å². The van der Waals surface area contributed by atoms with Gasteiger partial charge in [-0.15, -0.1) is 11.3 Å². The number of halogens is 1. The molecule has 116 valence electrons. The first-order valence-corrected chi connectivity index (χ1v) is 9.54. The number of nitrogens with one attached hydrogen (secondary N) is 1. The molecule has 8 heteroatoms. The standard InChI is InChI=1S/C13H17BrN2O3S2/c1-3-15-8-10-7-12(13(14)19-10)21(17,18)16(2)9-11-5-4-6-20-11/h4-7,15H,3,8-9H2,1-2H3. The third-order valence-electron chi connectivity index (χ3n) is 2.90. The van der Waals surface area contributed by atoms with Gasteiger partial charge in [-0.3, -0.25) is 0 Å². The van der Waals surface area contributed by atoms with Crippen molar-refractivity contribution in [2.24, 2.45) is 0 Å². The van der Waals surface area contributed by atoms with Gasteiger partial charge in [0, 0.05) is 24.5 Å². The molecule has 2 aromatic rings. The lowest BCUT2D eigenvalue weighted by Gasteiger charge is -2.15. The molecule has 0 radical (unpaired) electrons. The van der Waals surface area contributed by atoms with Crippen molar-refractivity contribution in [1.82, 2.24) is 9.62 Å². The first kappa shape index (κ1) is 16.7. The summed E-state index contributed by atoms with van der Waals surface area (Å²) in [6.07, 6.45) is 0. The molecule has 0 aliphatic rings. The van der Waals surface area contributed by atoms with Crippen molar-refractivity contribution in [2.75, 3.05) is 13.6 Å². The van der Waals surface area contributed by atoms with E-state index in [0.29, 0.717) is 18.8 Å². The van der Waals surface area contributed by atoms with E-state index in [1.165, 1.54) is 15.6 Å². The van der Waals surface area contributed by atoms with Gasteiger partial charge in [0.25, 0.3) is 0 Å². The van der Waals surface area contributed by atoms with Crippen LogP contribution in [0.3, 0.4) is 0 Å². The van der Waals surface area contributed by atoms with Crippen LogP contribution in [0.4, 0.5) is 0 Å². The highest BCUT2D eigenvalue weighted by molar-refractivity contribution is 9.10. The summed E-state index contributed by atoms with van der Waals surface area (Å²) in [4.78, 5) is 1.16. The maximum Gasteiger partial charge on any atom is 0.247 e. The molecule has 2 rings (SSSR count). The van der Waals surface area contributed by atoms with Gasteiger partial charge in [-0.1, -0.05) is 13.0 Å². The second-order valence-electron chi connectivity index (χ2n) is 4.47. The smallest absolute Gasteiger partial charge is 0.247 e. The molecule has 0 aromatic carbocycles. The van der Waals surface area contributed by atoms with Crippen LogP contribution >= 0.6 is 27.3 Å². The lowest BCUT2D eigenvalue weighted by Crippen LogP contribution is -2.26. The zero-order valence-electron chi connectivity index (χ0n) is 11.8. The molecule has 1 N–H and O–H groups in total. The molecular weight excluding hydrogens is 376 g/mol. The minimum Gasteiger partial charge on any atom is -0.452 e. The van der Waals surface area contributed by atoms with Crippen LogP contribution in [0.5, 0.6) is 0 Å². The van der Waals surface area contributed by atoms with Gasteiger partial charge in [-0.25, -0.2) is 8.42 Å².